The van der Waals surface area contributed by atoms with Crippen molar-refractivity contribution < 1.29 is 17.6 Å². The van der Waals surface area contributed by atoms with Crippen molar-refractivity contribution in [2.75, 3.05) is 6.54 Å². The quantitative estimate of drug-likeness (QED) is 0.826. The third-order valence-electron chi connectivity index (χ3n) is 3.73. The predicted octanol–water partition coefficient (Wildman–Crippen LogP) is 2.35. The predicted molar refractivity (Wildman–Crippen MR) is 94.1 cm³/mol. The number of halogens is 1. The van der Waals surface area contributed by atoms with E-state index in [4.69, 9.17) is 0 Å². The maximum Gasteiger partial charge on any atom is 0.241 e. The lowest BCUT2D eigenvalue weighted by molar-refractivity contribution is -0.120. The SMILES string of the molecule is Cc1cc(C)c(S(=O)(=O)NCC(=O)NCc2ccccc2F)c(C)c1. The van der Waals surface area contributed by atoms with Crippen LogP contribution in [0.3, 0.4) is 0 Å². The van der Waals surface area contributed by atoms with Gasteiger partial charge in [-0.2, -0.15) is 0 Å². The zero-order valence-electron chi connectivity index (χ0n) is 14.4. The fraction of sp³-hybridized carbons (Fsp3) is 0.278. The van der Waals surface area contributed by atoms with Gasteiger partial charge in [0.25, 0.3) is 0 Å². The van der Waals surface area contributed by atoms with Gasteiger partial charge in [0, 0.05) is 12.1 Å². The van der Waals surface area contributed by atoms with Gasteiger partial charge in [-0.05, 0) is 38.0 Å². The van der Waals surface area contributed by atoms with Crippen molar-refractivity contribution in [2.45, 2.75) is 32.2 Å². The molecule has 0 bridgehead atoms. The number of carbonyl (C=O) groups is 1. The van der Waals surface area contributed by atoms with Crippen LogP contribution in [-0.2, 0) is 21.4 Å². The molecule has 0 heterocycles. The molecule has 0 aliphatic rings. The monoisotopic (exact) mass is 364 g/mol. The summed E-state index contributed by atoms with van der Waals surface area (Å²) in [6, 6.07) is 9.63. The van der Waals surface area contributed by atoms with E-state index in [1.54, 1.807) is 44.2 Å². The van der Waals surface area contributed by atoms with Gasteiger partial charge >= 0.3 is 0 Å². The van der Waals surface area contributed by atoms with Gasteiger partial charge in [0.15, 0.2) is 0 Å². The van der Waals surface area contributed by atoms with Gasteiger partial charge in [0.2, 0.25) is 15.9 Å². The van der Waals surface area contributed by atoms with E-state index in [0.717, 1.165) is 5.56 Å². The van der Waals surface area contributed by atoms with E-state index in [0.29, 0.717) is 16.7 Å². The molecular weight excluding hydrogens is 343 g/mol. The summed E-state index contributed by atoms with van der Waals surface area (Å²) in [6.07, 6.45) is 0. The van der Waals surface area contributed by atoms with Gasteiger partial charge in [0.1, 0.15) is 5.82 Å². The second kappa shape index (κ2) is 7.76. The van der Waals surface area contributed by atoms with Crippen LogP contribution in [0.4, 0.5) is 4.39 Å². The Hall–Kier alpha value is -2.25. The molecule has 0 aromatic heterocycles. The first-order chi connectivity index (χ1) is 11.7. The zero-order valence-corrected chi connectivity index (χ0v) is 15.2. The molecule has 0 aliphatic heterocycles. The first kappa shape index (κ1) is 19.1. The Balaban J connectivity index is 2.00. The molecule has 0 spiro atoms. The number of sulfonamides is 1. The Morgan fingerprint density at radius 3 is 2.28 bits per heavy atom. The van der Waals surface area contributed by atoms with Gasteiger partial charge in [-0.3, -0.25) is 4.79 Å². The first-order valence-corrected chi connectivity index (χ1v) is 9.26. The smallest absolute Gasteiger partial charge is 0.241 e. The number of amides is 1. The zero-order chi connectivity index (χ0) is 18.6. The molecule has 134 valence electrons. The lowest BCUT2D eigenvalue weighted by Crippen LogP contribution is -2.37. The third kappa shape index (κ3) is 4.87. The molecule has 2 aromatic carbocycles. The highest BCUT2D eigenvalue weighted by atomic mass is 32.2. The van der Waals surface area contributed by atoms with Gasteiger partial charge in [-0.25, -0.2) is 17.5 Å². The summed E-state index contributed by atoms with van der Waals surface area (Å²) in [5, 5.41) is 2.50. The number of aryl methyl sites for hydroxylation is 3. The van der Waals surface area contributed by atoms with E-state index in [1.165, 1.54) is 6.07 Å². The van der Waals surface area contributed by atoms with Crippen LogP contribution in [0.2, 0.25) is 0 Å². The van der Waals surface area contributed by atoms with Crippen LogP contribution in [0.5, 0.6) is 0 Å². The lowest BCUT2D eigenvalue weighted by Gasteiger charge is -2.13. The van der Waals surface area contributed by atoms with Crippen molar-refractivity contribution in [3.05, 3.63) is 64.5 Å². The average Bonchev–Trinajstić information content (AvgIpc) is 2.51. The molecule has 2 aromatic rings. The Bertz CT molecular complexity index is 872. The number of hydrogen-bond acceptors (Lipinski definition) is 3. The number of nitrogens with one attached hydrogen (secondary N) is 2. The average molecular weight is 364 g/mol. The molecule has 0 aliphatic carbocycles. The Kier molecular flexibility index (Phi) is 5.92. The van der Waals surface area contributed by atoms with Crippen LogP contribution in [0.15, 0.2) is 41.3 Å². The van der Waals surface area contributed by atoms with Crippen LogP contribution in [0.25, 0.3) is 0 Å². The molecular formula is C18H21FN2O3S. The maximum absolute atomic E-state index is 13.5. The Labute approximate surface area is 147 Å². The number of benzene rings is 2. The second-order valence-corrected chi connectivity index (χ2v) is 7.62. The molecule has 7 heteroatoms. The molecule has 0 saturated carbocycles. The number of rotatable bonds is 6. The minimum Gasteiger partial charge on any atom is -0.351 e. The van der Waals surface area contributed by atoms with Crippen molar-refractivity contribution in [3.63, 3.8) is 0 Å². The molecule has 1 amide bonds. The summed E-state index contributed by atoms with van der Waals surface area (Å²) in [7, 11) is -3.81. The first-order valence-electron chi connectivity index (χ1n) is 7.78. The third-order valence-corrected chi connectivity index (χ3v) is 5.44. The van der Waals surface area contributed by atoms with E-state index in [9.17, 15) is 17.6 Å². The number of carbonyl (C=O) groups excluding carboxylic acids is 1. The van der Waals surface area contributed by atoms with Crippen molar-refractivity contribution in [3.8, 4) is 0 Å². The topological polar surface area (TPSA) is 75.3 Å². The van der Waals surface area contributed by atoms with Crippen LogP contribution < -0.4 is 10.0 Å². The summed E-state index contributed by atoms with van der Waals surface area (Å²) in [5.41, 5.74) is 2.55. The molecule has 2 rings (SSSR count). The van der Waals surface area contributed by atoms with E-state index in [-0.39, 0.29) is 11.4 Å². The summed E-state index contributed by atoms with van der Waals surface area (Å²) in [6.45, 7) is 4.90. The molecule has 0 unspecified atom stereocenters. The van der Waals surface area contributed by atoms with Crippen molar-refractivity contribution in [1.29, 1.82) is 0 Å². The molecule has 2 N–H and O–H groups in total. The van der Waals surface area contributed by atoms with E-state index >= 15 is 0 Å². The summed E-state index contributed by atoms with van der Waals surface area (Å²) in [5.74, 6) is -0.955. The van der Waals surface area contributed by atoms with E-state index < -0.39 is 28.3 Å². The Morgan fingerprint density at radius 1 is 1.08 bits per heavy atom. The molecule has 0 radical (unpaired) electrons. The van der Waals surface area contributed by atoms with Gasteiger partial charge in [-0.15, -0.1) is 0 Å². The van der Waals surface area contributed by atoms with Crippen LogP contribution in [0, 0.1) is 26.6 Å². The molecule has 5 nitrogen and oxygen atoms in total. The largest absolute Gasteiger partial charge is 0.351 e. The van der Waals surface area contributed by atoms with E-state index in [1.807, 2.05) is 6.92 Å². The minimum absolute atomic E-state index is 0.00415. The summed E-state index contributed by atoms with van der Waals surface area (Å²) in [4.78, 5) is 12.0. The highest BCUT2D eigenvalue weighted by Gasteiger charge is 2.20. The Morgan fingerprint density at radius 2 is 1.68 bits per heavy atom. The maximum atomic E-state index is 13.5. The normalized spacial score (nSPS) is 11.4. The summed E-state index contributed by atoms with van der Waals surface area (Å²) < 4.78 is 40.7. The van der Waals surface area contributed by atoms with E-state index in [2.05, 4.69) is 10.0 Å². The molecule has 0 fully saturated rings. The van der Waals surface area contributed by atoms with Crippen LogP contribution in [0.1, 0.15) is 22.3 Å². The fourth-order valence-corrected chi connectivity index (χ4v) is 4.15. The minimum atomic E-state index is -3.81. The highest BCUT2D eigenvalue weighted by molar-refractivity contribution is 7.89. The standard InChI is InChI=1S/C18H21FN2O3S/c1-12-8-13(2)18(14(3)9-12)25(23,24)21-11-17(22)20-10-15-6-4-5-7-16(15)19/h4-9,21H,10-11H2,1-3H3,(H,20,22). The van der Waals surface area contributed by atoms with Crippen molar-refractivity contribution in [2.24, 2.45) is 0 Å². The fourth-order valence-electron chi connectivity index (χ4n) is 2.72. The second-order valence-electron chi connectivity index (χ2n) is 5.92. The number of hydrogen-bond donors (Lipinski definition) is 2. The lowest BCUT2D eigenvalue weighted by atomic mass is 10.1. The van der Waals surface area contributed by atoms with Gasteiger partial charge in [-0.1, -0.05) is 35.9 Å². The molecule has 0 saturated heterocycles. The van der Waals surface area contributed by atoms with Crippen LogP contribution >= 0.6 is 0 Å². The van der Waals surface area contributed by atoms with Gasteiger partial charge in [0.05, 0.1) is 11.4 Å². The highest BCUT2D eigenvalue weighted by Crippen LogP contribution is 2.21. The molecule has 0 atom stereocenters. The molecule has 25 heavy (non-hydrogen) atoms. The van der Waals surface area contributed by atoms with Crippen LogP contribution in [-0.4, -0.2) is 20.9 Å². The van der Waals surface area contributed by atoms with Crippen molar-refractivity contribution >= 4 is 15.9 Å². The van der Waals surface area contributed by atoms with Crippen molar-refractivity contribution in [1.82, 2.24) is 10.0 Å². The van der Waals surface area contributed by atoms with Gasteiger partial charge < -0.3 is 5.32 Å². The summed E-state index contributed by atoms with van der Waals surface area (Å²) >= 11 is 0.